The van der Waals surface area contributed by atoms with Crippen LogP contribution in [0.5, 0.6) is 34.5 Å². The van der Waals surface area contributed by atoms with Crippen molar-refractivity contribution >= 4 is 146 Å². The Morgan fingerprint density at radius 2 is 0.798 bits per heavy atom. The molecular formula is C78H94N4O6S6. The summed E-state index contributed by atoms with van der Waals surface area (Å²) in [6.45, 7) is 26.3. The summed E-state index contributed by atoms with van der Waals surface area (Å²) in [6.07, 6.45) is 22.0. The summed E-state index contributed by atoms with van der Waals surface area (Å²) in [5.41, 5.74) is 8.08. The van der Waals surface area contributed by atoms with Crippen LogP contribution in [0.15, 0.2) is 94.7 Å². The van der Waals surface area contributed by atoms with Crippen LogP contribution >= 0.6 is 70.6 Å². The molecule has 2 aromatic heterocycles. The number of hydrogen-bond acceptors (Lipinski definition) is 14. The van der Waals surface area contributed by atoms with Gasteiger partial charge in [-0.1, -0.05) is 205 Å². The molecule has 0 spiro atoms. The minimum atomic E-state index is -0.0518. The minimum Gasteiger partial charge on any atom is -0.491 e. The average molecular weight is 1380 g/mol. The van der Waals surface area contributed by atoms with E-state index in [9.17, 15) is 9.59 Å². The number of ether oxygens (including phenoxy) is 4. The van der Waals surface area contributed by atoms with Crippen molar-refractivity contribution in [3.63, 3.8) is 0 Å². The van der Waals surface area contributed by atoms with E-state index in [1.54, 1.807) is 32.5 Å². The molecule has 2 amide bonds. The third-order valence-electron chi connectivity index (χ3n) is 19.4. The van der Waals surface area contributed by atoms with Gasteiger partial charge in [0.1, 0.15) is 20.1 Å². The number of unbranched alkanes of at least 4 members (excludes halogenated alkanes) is 4. The highest BCUT2D eigenvalue weighted by Crippen LogP contribution is 2.56. The number of nitrogens with zero attached hydrogens (tertiary/aromatic N) is 4. The number of hydrogen-bond donors (Lipinski definition) is 0. The van der Waals surface area contributed by atoms with E-state index in [0.29, 0.717) is 68.4 Å². The highest BCUT2D eigenvalue weighted by Gasteiger charge is 2.35. The normalized spacial score (nSPS) is 16.7. The zero-order chi connectivity index (χ0) is 66.2. The van der Waals surface area contributed by atoms with E-state index >= 15 is 0 Å². The van der Waals surface area contributed by atoms with Gasteiger partial charge in [0.25, 0.3) is 11.8 Å². The fourth-order valence-electron chi connectivity index (χ4n) is 13.4. The Labute approximate surface area is 586 Å². The van der Waals surface area contributed by atoms with Crippen molar-refractivity contribution in [1.82, 2.24) is 9.80 Å². The Balaban J connectivity index is 1.03. The lowest BCUT2D eigenvalue weighted by Crippen LogP contribution is -2.27. The first-order valence-corrected chi connectivity index (χ1v) is 39.1. The molecular weight excluding hydrogens is 1280 g/mol. The molecule has 4 aliphatic heterocycles. The van der Waals surface area contributed by atoms with Gasteiger partial charge in [-0.25, -0.2) is 0 Å². The minimum absolute atomic E-state index is 0.0518. The average Bonchev–Trinajstić information content (AvgIpc) is 1.69. The second-order valence-electron chi connectivity index (χ2n) is 25.7. The van der Waals surface area contributed by atoms with Crippen LogP contribution in [-0.4, -0.2) is 69.6 Å². The molecule has 0 radical (unpaired) electrons. The summed E-state index contributed by atoms with van der Waals surface area (Å²) in [5, 5.41) is 2.13. The molecule has 2 fully saturated rings. The highest BCUT2D eigenvalue weighted by atomic mass is 32.2. The maximum Gasteiger partial charge on any atom is 0.266 e. The van der Waals surface area contributed by atoms with Gasteiger partial charge in [0, 0.05) is 46.7 Å². The summed E-state index contributed by atoms with van der Waals surface area (Å²) in [7, 11) is 0. The summed E-state index contributed by atoms with van der Waals surface area (Å²) < 4.78 is 32.2. The fourth-order valence-corrected chi connectivity index (χ4v) is 18.5. The summed E-state index contributed by atoms with van der Waals surface area (Å²) in [5.74, 6) is 6.67. The number of rotatable bonds is 32. The second-order valence-corrected chi connectivity index (χ2v) is 31.2. The van der Waals surface area contributed by atoms with Gasteiger partial charge in [-0.2, -0.15) is 0 Å². The molecule has 0 N–H and O–H groups in total. The van der Waals surface area contributed by atoms with Gasteiger partial charge in [0.15, 0.2) is 23.0 Å². The molecule has 5 aromatic carbocycles. The molecule has 2 saturated heterocycles. The number of thiophene rings is 2. The molecule has 498 valence electrons. The molecule has 16 heteroatoms. The van der Waals surface area contributed by atoms with Crippen LogP contribution in [0.1, 0.15) is 183 Å². The van der Waals surface area contributed by atoms with E-state index in [2.05, 4.69) is 150 Å². The predicted molar refractivity (Wildman–Crippen MR) is 410 cm³/mol. The van der Waals surface area contributed by atoms with Gasteiger partial charge in [-0.15, -0.1) is 22.7 Å². The zero-order valence-corrected chi connectivity index (χ0v) is 61.7. The Kier molecular flexibility index (Phi) is 23.6. The Bertz CT molecular complexity index is 3670. The third-order valence-corrected chi connectivity index (χ3v) is 24.5. The second kappa shape index (κ2) is 32.0. The number of benzene rings is 5. The number of anilines is 4. The van der Waals surface area contributed by atoms with Gasteiger partial charge >= 0.3 is 0 Å². The number of thioether (sulfide) groups is 2. The maximum atomic E-state index is 13.4. The van der Waals surface area contributed by atoms with Crippen molar-refractivity contribution in [3.8, 4) is 55.4 Å². The lowest BCUT2D eigenvalue weighted by atomic mass is 9.97. The van der Waals surface area contributed by atoms with Gasteiger partial charge in [0.05, 0.1) is 55.2 Å². The lowest BCUT2D eigenvalue weighted by molar-refractivity contribution is -0.122. The van der Waals surface area contributed by atoms with Crippen LogP contribution in [0.4, 0.5) is 22.7 Å². The van der Waals surface area contributed by atoms with E-state index in [1.807, 2.05) is 26.0 Å². The van der Waals surface area contributed by atoms with Crippen molar-refractivity contribution in [3.05, 3.63) is 106 Å². The summed E-state index contributed by atoms with van der Waals surface area (Å²) >= 11 is 17.5. The molecule has 4 atom stereocenters. The molecule has 4 unspecified atom stereocenters. The van der Waals surface area contributed by atoms with E-state index in [4.69, 9.17) is 43.4 Å². The lowest BCUT2D eigenvalue weighted by Gasteiger charge is -2.35. The van der Waals surface area contributed by atoms with Crippen LogP contribution in [0.3, 0.4) is 0 Å². The Morgan fingerprint density at radius 1 is 0.447 bits per heavy atom. The zero-order valence-electron chi connectivity index (χ0n) is 56.8. The fraction of sp³-hybridized carbons (Fsp3) is 0.462. The molecule has 94 heavy (non-hydrogen) atoms. The van der Waals surface area contributed by atoms with E-state index in [-0.39, 0.29) is 11.8 Å². The number of amides is 2. The predicted octanol–water partition coefficient (Wildman–Crippen LogP) is 24.0. The summed E-state index contributed by atoms with van der Waals surface area (Å²) in [4.78, 5) is 38.6. The van der Waals surface area contributed by atoms with Crippen molar-refractivity contribution in [1.29, 1.82) is 0 Å². The maximum absolute atomic E-state index is 13.4. The van der Waals surface area contributed by atoms with Crippen molar-refractivity contribution in [2.45, 2.75) is 172 Å². The van der Waals surface area contributed by atoms with Crippen LogP contribution in [0.2, 0.25) is 0 Å². The number of thiocarbonyl (C=S) groups is 2. The van der Waals surface area contributed by atoms with Gasteiger partial charge in [0.2, 0.25) is 0 Å². The third kappa shape index (κ3) is 15.0. The van der Waals surface area contributed by atoms with Crippen LogP contribution in [-0.2, 0) is 9.59 Å². The smallest absolute Gasteiger partial charge is 0.266 e. The Morgan fingerprint density at radius 3 is 1.14 bits per heavy atom. The first kappa shape index (κ1) is 69.5. The van der Waals surface area contributed by atoms with Gasteiger partial charge in [-0.3, -0.25) is 19.4 Å². The number of fused-ring (bicyclic) bond motifs is 6. The summed E-state index contributed by atoms with van der Waals surface area (Å²) in [6, 6.07) is 30.9. The van der Waals surface area contributed by atoms with Crippen LogP contribution in [0.25, 0.3) is 53.2 Å². The van der Waals surface area contributed by atoms with Crippen LogP contribution < -0.4 is 28.7 Å². The van der Waals surface area contributed by atoms with Crippen LogP contribution in [0, 0.1) is 23.7 Å². The van der Waals surface area contributed by atoms with Gasteiger partial charge < -0.3 is 28.7 Å². The molecule has 10 nitrogen and oxygen atoms in total. The number of carbonyl (C=O) groups excluding carboxylic acids is 2. The molecule has 11 rings (SSSR count). The SMILES string of the molecule is CCCCC(CC)COc1c2cc(-c3ccc4c(c3)Oc3cc(/C=C5\SC(=S)N(CC)C5=O)ccc3N4CC(CC)CCCC)sc2c(OCC(CC)CCCC)c2cc(-c3ccc4c(c3)Oc3cc(/C=C5\SC(=S)N(CC)C5=O)ccc3N4CC(CC)CCCC)sc12. The van der Waals surface area contributed by atoms with Gasteiger partial charge in [-0.05, 0) is 158 Å². The molecule has 0 saturated carbocycles. The molecule has 0 bridgehead atoms. The molecule has 6 heterocycles. The van der Waals surface area contributed by atoms with E-state index < -0.39 is 0 Å². The van der Waals surface area contributed by atoms with Crippen molar-refractivity contribution < 1.29 is 28.5 Å². The van der Waals surface area contributed by atoms with Crippen molar-refractivity contribution in [2.75, 3.05) is 49.2 Å². The quantitative estimate of drug-likeness (QED) is 0.0297. The molecule has 7 aromatic rings. The molecule has 0 aliphatic carbocycles. The molecule has 4 aliphatic rings. The van der Waals surface area contributed by atoms with E-state index in [0.717, 1.165) is 212 Å². The largest absolute Gasteiger partial charge is 0.491 e. The first-order chi connectivity index (χ1) is 45.8. The highest BCUT2D eigenvalue weighted by molar-refractivity contribution is 8.27. The van der Waals surface area contributed by atoms with Crippen molar-refractivity contribution in [2.24, 2.45) is 23.7 Å². The standard InChI is InChI=1S/C78H94N4O6S6/c1-11-21-25-49(15-5)45-81-59-33-29-53(39-69-75(83)79(19-9)77(89)93-69)37-63(59)87-65-41-55(31-35-61(65)81)67-43-57-71(85-47-51(17-7)27-23-13-3)74-58(72(73(57)91-67)86-48-52(18-8)28-24-14-4)44-68(92-74)56-32-36-62-66(42-56)88-64-38-54(40-70-76(84)80(20-10)78(90)94-70)30-34-60(64)82(62)46-50(16-6)26-22-12-2/h29-44,49-52H,11-28,45-48H2,1-10H3/b69-39-,70-40-. The monoisotopic (exact) mass is 1370 g/mol. The topological polar surface area (TPSA) is 84.0 Å². The Hall–Kier alpha value is -5.88. The first-order valence-electron chi connectivity index (χ1n) is 35.0. The number of likely N-dealkylation sites (N-methyl/N-ethyl adjacent to an activating group) is 2. The number of carbonyl (C=O) groups is 2. The van der Waals surface area contributed by atoms with E-state index in [1.165, 1.54) is 36.4 Å².